The van der Waals surface area contributed by atoms with Crippen LogP contribution in [0.2, 0.25) is 0 Å². The average molecular weight is 358 g/mol. The van der Waals surface area contributed by atoms with E-state index < -0.39 is 0 Å². The van der Waals surface area contributed by atoms with E-state index in [1.165, 1.54) is 0 Å². The number of hydrogen-bond acceptors (Lipinski definition) is 3. The van der Waals surface area contributed by atoms with E-state index in [4.69, 9.17) is 0 Å². The van der Waals surface area contributed by atoms with Crippen LogP contribution in [0.1, 0.15) is 33.6 Å². The average Bonchev–Trinajstić information content (AvgIpc) is 3.10. The molecule has 1 saturated heterocycles. The van der Waals surface area contributed by atoms with E-state index in [1.54, 1.807) is 4.90 Å². The molecule has 1 atom stereocenters. The number of benzene rings is 1. The van der Waals surface area contributed by atoms with E-state index in [2.05, 4.69) is 31.4 Å². The Morgan fingerprint density at radius 3 is 2.42 bits per heavy atom. The van der Waals surface area contributed by atoms with E-state index >= 15 is 0 Å². The summed E-state index contributed by atoms with van der Waals surface area (Å²) in [7, 11) is 0. The van der Waals surface area contributed by atoms with Crippen molar-refractivity contribution in [3.8, 4) is 0 Å². The van der Waals surface area contributed by atoms with Crippen LogP contribution in [-0.2, 0) is 4.79 Å². The summed E-state index contributed by atoms with van der Waals surface area (Å²) in [5.74, 6) is 0.617. The van der Waals surface area contributed by atoms with Gasteiger partial charge >= 0.3 is 6.03 Å². The number of amides is 3. The van der Waals surface area contributed by atoms with Gasteiger partial charge in [0.2, 0.25) is 5.91 Å². The Balaban J connectivity index is 1.72. The van der Waals surface area contributed by atoms with E-state index in [0.29, 0.717) is 32.0 Å². The van der Waals surface area contributed by atoms with Crippen molar-refractivity contribution in [2.75, 3.05) is 42.5 Å². The van der Waals surface area contributed by atoms with Gasteiger partial charge in [0.1, 0.15) is 0 Å². The number of nitrogens with one attached hydrogen (secondary N) is 2. The second-order valence-corrected chi connectivity index (χ2v) is 8.47. The van der Waals surface area contributed by atoms with Crippen LogP contribution in [0.25, 0.3) is 0 Å². The molecule has 2 aliphatic rings. The van der Waals surface area contributed by atoms with Gasteiger partial charge in [0.15, 0.2) is 0 Å². The Hall–Kier alpha value is -2.08. The first-order chi connectivity index (χ1) is 12.3. The van der Waals surface area contributed by atoms with Gasteiger partial charge < -0.3 is 15.5 Å². The van der Waals surface area contributed by atoms with Crippen LogP contribution in [0.4, 0.5) is 16.2 Å². The lowest BCUT2D eigenvalue weighted by atomic mass is 9.91. The molecule has 2 N–H and O–H groups in total. The standard InChI is InChI=1S/C20H30N4O2/c1-20(2,3)12-18(25)23-10-11-24(17-7-5-4-6-16(17)23)19(26)22-14-15-8-9-21-13-15/h4-7,15,21H,8-14H2,1-3H3,(H,22,26). The van der Waals surface area contributed by atoms with Crippen molar-refractivity contribution in [3.05, 3.63) is 24.3 Å². The van der Waals surface area contributed by atoms with Crippen LogP contribution >= 0.6 is 0 Å². The predicted molar refractivity (Wildman–Crippen MR) is 105 cm³/mol. The maximum atomic E-state index is 12.8. The topological polar surface area (TPSA) is 64.7 Å². The molecule has 6 heteroatoms. The van der Waals surface area contributed by atoms with E-state index in [0.717, 1.165) is 30.9 Å². The van der Waals surface area contributed by atoms with Gasteiger partial charge in [0.25, 0.3) is 0 Å². The fourth-order valence-electron chi connectivity index (χ4n) is 3.60. The third-order valence-electron chi connectivity index (χ3n) is 4.94. The highest BCUT2D eigenvalue weighted by Crippen LogP contribution is 2.34. The van der Waals surface area contributed by atoms with Crippen molar-refractivity contribution in [2.24, 2.45) is 11.3 Å². The van der Waals surface area contributed by atoms with Crippen LogP contribution in [0.3, 0.4) is 0 Å². The molecule has 142 valence electrons. The Labute approximate surface area is 155 Å². The Morgan fingerprint density at radius 2 is 1.81 bits per heavy atom. The highest BCUT2D eigenvalue weighted by molar-refractivity contribution is 6.03. The van der Waals surface area contributed by atoms with Crippen LogP contribution < -0.4 is 20.4 Å². The van der Waals surface area contributed by atoms with E-state index in [1.807, 2.05) is 29.2 Å². The maximum absolute atomic E-state index is 12.8. The summed E-state index contributed by atoms with van der Waals surface area (Å²) < 4.78 is 0. The second-order valence-electron chi connectivity index (χ2n) is 8.47. The molecule has 0 saturated carbocycles. The number of carbonyl (C=O) groups excluding carboxylic acids is 2. The van der Waals surface area contributed by atoms with Gasteiger partial charge in [-0.1, -0.05) is 32.9 Å². The van der Waals surface area contributed by atoms with Crippen molar-refractivity contribution < 1.29 is 9.59 Å². The molecule has 1 aromatic carbocycles. The molecule has 1 aromatic rings. The van der Waals surface area contributed by atoms with Crippen molar-refractivity contribution >= 4 is 23.3 Å². The molecule has 2 aliphatic heterocycles. The zero-order valence-electron chi connectivity index (χ0n) is 16.0. The number of hydrogen-bond donors (Lipinski definition) is 2. The lowest BCUT2D eigenvalue weighted by molar-refractivity contribution is -0.120. The fraction of sp³-hybridized carbons (Fsp3) is 0.600. The van der Waals surface area contributed by atoms with Gasteiger partial charge in [-0.15, -0.1) is 0 Å². The highest BCUT2D eigenvalue weighted by atomic mass is 16.2. The van der Waals surface area contributed by atoms with Crippen molar-refractivity contribution in [2.45, 2.75) is 33.6 Å². The first-order valence-electron chi connectivity index (χ1n) is 9.50. The minimum atomic E-state index is -0.0766. The van der Waals surface area contributed by atoms with Crippen LogP contribution in [0.15, 0.2) is 24.3 Å². The van der Waals surface area contributed by atoms with Crippen molar-refractivity contribution in [3.63, 3.8) is 0 Å². The molecule has 26 heavy (non-hydrogen) atoms. The minimum absolute atomic E-state index is 0.0597. The molecule has 6 nitrogen and oxygen atoms in total. The predicted octanol–water partition coefficient (Wildman–Crippen LogP) is 2.59. The molecule has 0 aliphatic carbocycles. The zero-order chi connectivity index (χ0) is 18.7. The number of fused-ring (bicyclic) bond motifs is 1. The number of anilines is 2. The molecule has 3 amide bonds. The number of nitrogens with zero attached hydrogens (tertiary/aromatic N) is 2. The molecule has 0 aromatic heterocycles. The normalized spacial score (nSPS) is 20.0. The fourth-order valence-corrected chi connectivity index (χ4v) is 3.60. The van der Waals surface area contributed by atoms with Gasteiger partial charge in [0, 0.05) is 26.1 Å². The maximum Gasteiger partial charge on any atom is 0.322 e. The number of urea groups is 1. The van der Waals surface area contributed by atoms with E-state index in [-0.39, 0.29) is 17.4 Å². The van der Waals surface area contributed by atoms with Crippen molar-refractivity contribution in [1.82, 2.24) is 10.6 Å². The number of carbonyl (C=O) groups is 2. The Bertz CT molecular complexity index is 662. The molecule has 0 bridgehead atoms. The molecule has 3 rings (SSSR count). The molecule has 0 radical (unpaired) electrons. The van der Waals surface area contributed by atoms with Crippen LogP contribution in [0, 0.1) is 11.3 Å². The second kappa shape index (κ2) is 7.66. The molecule has 2 heterocycles. The van der Waals surface area contributed by atoms with Crippen LogP contribution in [0.5, 0.6) is 0 Å². The minimum Gasteiger partial charge on any atom is -0.337 e. The first-order valence-corrected chi connectivity index (χ1v) is 9.50. The third kappa shape index (κ3) is 4.36. The van der Waals surface area contributed by atoms with Crippen molar-refractivity contribution in [1.29, 1.82) is 0 Å². The number of rotatable bonds is 3. The van der Waals surface area contributed by atoms with Gasteiger partial charge in [-0.25, -0.2) is 4.79 Å². The zero-order valence-corrected chi connectivity index (χ0v) is 16.0. The molecule has 1 fully saturated rings. The molecule has 0 spiro atoms. The molecule has 1 unspecified atom stereocenters. The first kappa shape index (κ1) is 18.7. The smallest absolute Gasteiger partial charge is 0.322 e. The van der Waals surface area contributed by atoms with E-state index in [9.17, 15) is 9.59 Å². The Morgan fingerprint density at radius 1 is 1.15 bits per heavy atom. The van der Waals surface area contributed by atoms with Crippen LogP contribution in [-0.4, -0.2) is 44.7 Å². The summed E-state index contributed by atoms with van der Waals surface area (Å²) in [4.78, 5) is 29.1. The lowest BCUT2D eigenvalue weighted by Crippen LogP contribution is -2.50. The lowest BCUT2D eigenvalue weighted by Gasteiger charge is -2.37. The summed E-state index contributed by atoms with van der Waals surface area (Å²) in [5, 5.41) is 6.38. The Kier molecular flexibility index (Phi) is 5.51. The quantitative estimate of drug-likeness (QED) is 0.873. The highest BCUT2D eigenvalue weighted by Gasteiger charge is 2.31. The molecular formula is C20H30N4O2. The monoisotopic (exact) mass is 358 g/mol. The van der Waals surface area contributed by atoms with Gasteiger partial charge in [-0.3, -0.25) is 9.69 Å². The summed E-state index contributed by atoms with van der Waals surface area (Å²) in [6.45, 7) is 9.93. The number of para-hydroxylation sites is 2. The summed E-state index contributed by atoms with van der Waals surface area (Å²) in [6, 6.07) is 7.60. The summed E-state index contributed by atoms with van der Waals surface area (Å²) in [6.07, 6.45) is 1.59. The largest absolute Gasteiger partial charge is 0.337 e. The van der Waals surface area contributed by atoms with Gasteiger partial charge in [-0.05, 0) is 43.0 Å². The van der Waals surface area contributed by atoms with Gasteiger partial charge in [-0.2, -0.15) is 0 Å². The molecular weight excluding hydrogens is 328 g/mol. The summed E-state index contributed by atoms with van der Waals surface area (Å²) >= 11 is 0. The van der Waals surface area contributed by atoms with Gasteiger partial charge in [0.05, 0.1) is 11.4 Å². The summed E-state index contributed by atoms with van der Waals surface area (Å²) in [5.41, 5.74) is 1.57. The third-order valence-corrected chi connectivity index (χ3v) is 4.94. The SMILES string of the molecule is CC(C)(C)CC(=O)N1CCN(C(=O)NCC2CCNC2)c2ccccc21.